The Morgan fingerprint density at radius 1 is 0.941 bits per heavy atom. The fourth-order valence-corrected chi connectivity index (χ4v) is 2.34. The summed E-state index contributed by atoms with van der Waals surface area (Å²) in [5, 5.41) is 0. The first-order valence-electron chi connectivity index (χ1n) is 6.89. The summed E-state index contributed by atoms with van der Waals surface area (Å²) in [4.78, 5) is 0. The summed E-state index contributed by atoms with van der Waals surface area (Å²) < 4.78 is 0. The third-order valence-corrected chi connectivity index (χ3v) is 3.25. The molecule has 0 aromatic heterocycles. The van der Waals surface area contributed by atoms with Crippen LogP contribution in [0.15, 0.2) is 18.2 Å². The van der Waals surface area contributed by atoms with Crippen molar-refractivity contribution in [2.75, 3.05) is 0 Å². The zero-order valence-electron chi connectivity index (χ0n) is 11.8. The van der Waals surface area contributed by atoms with Gasteiger partial charge in [-0.3, -0.25) is 0 Å². The lowest BCUT2D eigenvalue weighted by atomic mass is 9.99. The Hall–Kier alpha value is -1.04. The van der Waals surface area contributed by atoms with Gasteiger partial charge in [0.25, 0.3) is 0 Å². The summed E-state index contributed by atoms with van der Waals surface area (Å²) in [5.41, 5.74) is 5.56. The maximum atomic E-state index is 2.33. The molecule has 1 aromatic rings. The van der Waals surface area contributed by atoms with Crippen molar-refractivity contribution in [1.29, 1.82) is 0 Å². The van der Waals surface area contributed by atoms with Crippen LogP contribution in [0.2, 0.25) is 0 Å². The van der Waals surface area contributed by atoms with Gasteiger partial charge in [-0.2, -0.15) is 0 Å². The van der Waals surface area contributed by atoms with Crippen LogP contribution in [-0.4, -0.2) is 0 Å². The number of hydrogen-bond donors (Lipinski definition) is 0. The molecule has 94 valence electrons. The van der Waals surface area contributed by atoms with Crippen LogP contribution >= 0.6 is 0 Å². The molecule has 0 spiro atoms. The Morgan fingerprint density at radius 2 is 1.59 bits per heavy atom. The first-order valence-corrected chi connectivity index (χ1v) is 6.89. The molecule has 0 heteroatoms. The molecule has 0 radical (unpaired) electrons. The van der Waals surface area contributed by atoms with Gasteiger partial charge < -0.3 is 0 Å². The lowest BCUT2D eigenvalue weighted by molar-refractivity contribution is 0.675. The predicted molar refractivity (Wildman–Crippen MR) is 78.4 cm³/mol. The third-order valence-electron chi connectivity index (χ3n) is 3.25. The van der Waals surface area contributed by atoms with E-state index in [9.17, 15) is 0 Å². The van der Waals surface area contributed by atoms with Gasteiger partial charge in [0.15, 0.2) is 0 Å². The minimum Gasteiger partial charge on any atom is -0.0839 e. The van der Waals surface area contributed by atoms with Crippen molar-refractivity contribution in [3.63, 3.8) is 0 Å². The van der Waals surface area contributed by atoms with Gasteiger partial charge in [0.2, 0.25) is 0 Å². The summed E-state index contributed by atoms with van der Waals surface area (Å²) in [6.45, 7) is 8.83. The minimum atomic E-state index is 1.22. The van der Waals surface area contributed by atoms with Crippen LogP contribution in [-0.2, 0) is 0 Å². The van der Waals surface area contributed by atoms with Crippen molar-refractivity contribution >= 4 is 6.08 Å². The average molecular weight is 230 g/mol. The number of rotatable bonds is 6. The molecule has 0 aliphatic rings. The van der Waals surface area contributed by atoms with Gasteiger partial charge in [-0.25, -0.2) is 0 Å². The molecule has 17 heavy (non-hydrogen) atoms. The average Bonchev–Trinajstić information content (AvgIpc) is 2.26. The Balaban J connectivity index is 2.53. The number of hydrogen-bond acceptors (Lipinski definition) is 0. The Bertz CT molecular complexity index is 349. The van der Waals surface area contributed by atoms with Crippen molar-refractivity contribution in [3.05, 3.63) is 40.5 Å². The van der Waals surface area contributed by atoms with Gasteiger partial charge in [-0.1, -0.05) is 56.0 Å². The third kappa shape index (κ3) is 4.77. The van der Waals surface area contributed by atoms with Crippen LogP contribution in [0.1, 0.15) is 61.3 Å². The summed E-state index contributed by atoms with van der Waals surface area (Å²) in [6.07, 6.45) is 11.2. The van der Waals surface area contributed by atoms with Crippen LogP contribution in [0.5, 0.6) is 0 Å². The van der Waals surface area contributed by atoms with Gasteiger partial charge in [0.1, 0.15) is 0 Å². The standard InChI is InChI=1S/C17H26/c1-5-6-7-8-9-10-11-17-15(3)12-14(2)13-16(17)4/h10-13H,5-9H2,1-4H3. The molecule has 0 N–H and O–H groups in total. The minimum absolute atomic E-state index is 1.22. The number of allylic oxidation sites excluding steroid dienone is 1. The highest BCUT2D eigenvalue weighted by Crippen LogP contribution is 2.18. The number of unbranched alkanes of at least 4 members (excludes halogenated alkanes) is 4. The lowest BCUT2D eigenvalue weighted by Gasteiger charge is -2.07. The summed E-state index contributed by atoms with van der Waals surface area (Å²) in [7, 11) is 0. The molecule has 0 fully saturated rings. The summed E-state index contributed by atoms with van der Waals surface area (Å²) in [5.74, 6) is 0. The molecule has 0 aliphatic heterocycles. The zero-order valence-corrected chi connectivity index (χ0v) is 11.8. The van der Waals surface area contributed by atoms with Gasteiger partial charge in [0.05, 0.1) is 0 Å². The van der Waals surface area contributed by atoms with E-state index in [4.69, 9.17) is 0 Å². The molecule has 0 unspecified atom stereocenters. The van der Waals surface area contributed by atoms with E-state index >= 15 is 0 Å². The Morgan fingerprint density at radius 3 is 2.18 bits per heavy atom. The second-order valence-corrected chi connectivity index (χ2v) is 5.06. The van der Waals surface area contributed by atoms with E-state index in [0.717, 1.165) is 0 Å². The smallest absolute Gasteiger partial charge is 0.0201 e. The zero-order chi connectivity index (χ0) is 12.7. The van der Waals surface area contributed by atoms with Crippen LogP contribution in [0.3, 0.4) is 0 Å². The molecule has 0 bridgehead atoms. The predicted octanol–water partition coefficient (Wildman–Crippen LogP) is 5.60. The van der Waals surface area contributed by atoms with Crippen molar-refractivity contribution in [3.8, 4) is 0 Å². The second kappa shape index (κ2) is 7.32. The lowest BCUT2D eigenvalue weighted by Crippen LogP contribution is -1.88. The fourth-order valence-electron chi connectivity index (χ4n) is 2.34. The normalized spacial score (nSPS) is 11.3. The molecular formula is C17H26. The van der Waals surface area contributed by atoms with Gasteiger partial charge in [-0.15, -0.1) is 0 Å². The molecular weight excluding hydrogens is 204 g/mol. The van der Waals surface area contributed by atoms with Gasteiger partial charge >= 0.3 is 0 Å². The molecule has 1 aromatic carbocycles. The van der Waals surface area contributed by atoms with Crippen LogP contribution in [0, 0.1) is 20.8 Å². The second-order valence-electron chi connectivity index (χ2n) is 5.06. The quantitative estimate of drug-likeness (QED) is 0.558. The molecule has 0 heterocycles. The highest BCUT2D eigenvalue weighted by Gasteiger charge is 1.99. The monoisotopic (exact) mass is 230 g/mol. The Kier molecular flexibility index (Phi) is 6.04. The van der Waals surface area contributed by atoms with E-state index in [0.29, 0.717) is 0 Å². The molecule has 0 aliphatic carbocycles. The highest BCUT2D eigenvalue weighted by atomic mass is 14.0. The van der Waals surface area contributed by atoms with Crippen LogP contribution < -0.4 is 0 Å². The fraction of sp³-hybridized carbons (Fsp3) is 0.529. The van der Waals surface area contributed by atoms with E-state index in [1.807, 2.05) is 0 Å². The summed E-state index contributed by atoms with van der Waals surface area (Å²) in [6, 6.07) is 4.54. The highest BCUT2D eigenvalue weighted by molar-refractivity contribution is 5.58. The molecule has 0 amide bonds. The van der Waals surface area contributed by atoms with Crippen molar-refractivity contribution in [1.82, 2.24) is 0 Å². The molecule has 0 atom stereocenters. The topological polar surface area (TPSA) is 0 Å². The van der Waals surface area contributed by atoms with E-state index in [2.05, 4.69) is 52.0 Å². The maximum Gasteiger partial charge on any atom is -0.0201 e. The van der Waals surface area contributed by atoms with Crippen molar-refractivity contribution < 1.29 is 0 Å². The first-order chi connectivity index (χ1) is 8.15. The largest absolute Gasteiger partial charge is 0.0839 e. The van der Waals surface area contributed by atoms with Gasteiger partial charge in [0, 0.05) is 0 Å². The van der Waals surface area contributed by atoms with Crippen LogP contribution in [0.4, 0.5) is 0 Å². The van der Waals surface area contributed by atoms with E-state index in [1.165, 1.54) is 54.4 Å². The van der Waals surface area contributed by atoms with Gasteiger partial charge in [-0.05, 0) is 50.3 Å². The molecule has 0 saturated carbocycles. The molecule has 1 rings (SSSR count). The summed E-state index contributed by atoms with van der Waals surface area (Å²) >= 11 is 0. The van der Waals surface area contributed by atoms with E-state index in [1.54, 1.807) is 0 Å². The maximum absolute atomic E-state index is 2.33. The van der Waals surface area contributed by atoms with Crippen LogP contribution in [0.25, 0.3) is 6.08 Å². The molecule has 0 nitrogen and oxygen atoms in total. The van der Waals surface area contributed by atoms with Crippen molar-refractivity contribution in [2.45, 2.75) is 59.8 Å². The SMILES string of the molecule is CCCCCCC=Cc1c(C)cc(C)cc1C. The Labute approximate surface area is 107 Å². The number of aryl methyl sites for hydroxylation is 3. The van der Waals surface area contributed by atoms with E-state index in [-0.39, 0.29) is 0 Å². The van der Waals surface area contributed by atoms with E-state index < -0.39 is 0 Å². The first kappa shape index (κ1) is 14.0. The number of benzene rings is 1. The molecule has 0 saturated heterocycles. The van der Waals surface area contributed by atoms with Crippen molar-refractivity contribution in [2.24, 2.45) is 0 Å².